The largest absolute Gasteiger partial charge is 0.472 e. The number of hydrogen-bond acceptors (Lipinski definition) is 15. The number of phosphoric acid groups is 2. The van der Waals surface area contributed by atoms with E-state index in [0.29, 0.717) is 31.6 Å². The Labute approximate surface area is 447 Å². The molecule has 0 fully saturated rings. The van der Waals surface area contributed by atoms with Crippen LogP contribution in [0.3, 0.4) is 0 Å². The van der Waals surface area contributed by atoms with E-state index >= 15 is 0 Å². The maximum atomic E-state index is 12.9. The SMILES string of the molecule is CCCCCCCCCCCCCC(=O)O[C@H](COC(=O)CCCCCCCCC(C)C)COP(=O)(O)OC[C@@H](O)COP(=O)(O)OC[C@@H](COC(=O)CCCCCCCCC)OC(=O)CCCCCCCCC. The summed E-state index contributed by atoms with van der Waals surface area (Å²) in [4.78, 5) is 71.5. The van der Waals surface area contributed by atoms with Crippen LogP contribution in [-0.2, 0) is 65.4 Å². The van der Waals surface area contributed by atoms with Crippen LogP contribution in [0.25, 0.3) is 0 Å². The van der Waals surface area contributed by atoms with Gasteiger partial charge in [0.2, 0.25) is 0 Å². The summed E-state index contributed by atoms with van der Waals surface area (Å²) in [6.07, 6.45) is 29.7. The average molecular weight is 1100 g/mol. The number of esters is 4. The van der Waals surface area contributed by atoms with E-state index < -0.39 is 97.5 Å². The van der Waals surface area contributed by atoms with Crippen molar-refractivity contribution in [2.75, 3.05) is 39.6 Å². The minimum Gasteiger partial charge on any atom is -0.462 e. The predicted octanol–water partition coefficient (Wildman–Crippen LogP) is 14.3. The van der Waals surface area contributed by atoms with Gasteiger partial charge in [-0.1, -0.05) is 214 Å². The minimum atomic E-state index is -4.93. The monoisotopic (exact) mass is 1100 g/mol. The lowest BCUT2D eigenvalue weighted by molar-refractivity contribution is -0.161. The normalized spacial score (nSPS) is 14.5. The summed E-state index contributed by atoms with van der Waals surface area (Å²) in [5, 5.41) is 10.5. The third-order valence-corrected chi connectivity index (χ3v) is 14.4. The smallest absolute Gasteiger partial charge is 0.462 e. The molecule has 3 N–H and O–H groups in total. The second-order valence-corrected chi connectivity index (χ2v) is 23.4. The fraction of sp³-hybridized carbons (Fsp3) is 0.927. The molecule has 0 aromatic heterocycles. The molecule has 0 aromatic rings. The van der Waals surface area contributed by atoms with Crippen molar-refractivity contribution in [3.05, 3.63) is 0 Å². The molecule has 0 aliphatic rings. The fourth-order valence-corrected chi connectivity index (χ4v) is 9.57. The molecule has 0 radical (unpaired) electrons. The lowest BCUT2D eigenvalue weighted by Crippen LogP contribution is -2.30. The first-order chi connectivity index (χ1) is 35.5. The Hall–Kier alpha value is -1.94. The molecule has 438 valence electrons. The van der Waals surface area contributed by atoms with Crippen molar-refractivity contribution in [2.45, 2.75) is 284 Å². The second kappa shape index (κ2) is 49.4. The van der Waals surface area contributed by atoms with Gasteiger partial charge in [-0.2, -0.15) is 0 Å². The number of phosphoric ester groups is 2. The van der Waals surface area contributed by atoms with E-state index in [9.17, 15) is 43.2 Å². The Balaban J connectivity index is 5.19. The van der Waals surface area contributed by atoms with E-state index in [0.717, 1.165) is 122 Å². The van der Waals surface area contributed by atoms with Gasteiger partial charge >= 0.3 is 39.5 Å². The highest BCUT2D eigenvalue weighted by Gasteiger charge is 2.30. The summed E-state index contributed by atoms with van der Waals surface area (Å²) in [6, 6.07) is 0. The van der Waals surface area contributed by atoms with Crippen LogP contribution in [0.4, 0.5) is 0 Å². The van der Waals surface area contributed by atoms with Crippen LogP contribution in [0.15, 0.2) is 0 Å². The van der Waals surface area contributed by atoms with E-state index in [-0.39, 0.29) is 25.7 Å². The molecule has 19 heteroatoms. The zero-order valence-corrected chi connectivity index (χ0v) is 48.7. The molecule has 0 saturated heterocycles. The minimum absolute atomic E-state index is 0.103. The highest BCUT2D eigenvalue weighted by Crippen LogP contribution is 2.45. The highest BCUT2D eigenvalue weighted by atomic mass is 31.2. The summed E-state index contributed by atoms with van der Waals surface area (Å²) in [7, 11) is -9.86. The lowest BCUT2D eigenvalue weighted by Gasteiger charge is -2.21. The van der Waals surface area contributed by atoms with Gasteiger partial charge in [-0.15, -0.1) is 0 Å². The Morgan fingerprint density at radius 2 is 0.622 bits per heavy atom. The zero-order valence-electron chi connectivity index (χ0n) is 47.0. The zero-order chi connectivity index (χ0) is 55.0. The van der Waals surface area contributed by atoms with Crippen molar-refractivity contribution in [2.24, 2.45) is 5.92 Å². The average Bonchev–Trinajstić information content (AvgIpc) is 3.36. The summed E-state index contributed by atoms with van der Waals surface area (Å²) in [5.41, 5.74) is 0. The standard InChI is InChI=1S/C55H106O17P2/c1-6-9-12-15-18-19-20-21-24-31-36-41-55(60)72-51(45-66-53(58)39-34-29-26-25-27-32-37-48(4)5)47-70-74(63,64)68-43-49(56)42-67-73(61,62)69-46-50(71-54(59)40-35-30-23-17-14-11-8-3)44-65-52(57)38-33-28-22-16-13-10-7-2/h48-51,56H,6-47H2,1-5H3,(H,61,62)(H,63,64)/t49-,50+,51+/m0/s1. The fourth-order valence-electron chi connectivity index (χ4n) is 7.99. The number of aliphatic hydroxyl groups excluding tert-OH is 1. The maximum absolute atomic E-state index is 12.9. The molecule has 0 bridgehead atoms. The molecule has 0 saturated carbocycles. The topological polar surface area (TPSA) is 237 Å². The Kier molecular flexibility index (Phi) is 48.1. The predicted molar refractivity (Wildman–Crippen MR) is 289 cm³/mol. The third-order valence-electron chi connectivity index (χ3n) is 12.5. The van der Waals surface area contributed by atoms with Crippen molar-refractivity contribution >= 4 is 39.5 Å². The van der Waals surface area contributed by atoms with Gasteiger partial charge in [0.05, 0.1) is 26.4 Å². The molecule has 0 amide bonds. The first-order valence-electron chi connectivity index (χ1n) is 29.1. The number of carbonyl (C=O) groups is 4. The molecule has 0 heterocycles. The van der Waals surface area contributed by atoms with Crippen molar-refractivity contribution in [3.8, 4) is 0 Å². The molecular formula is C55H106O17P2. The Morgan fingerprint density at radius 3 is 0.919 bits per heavy atom. The molecule has 17 nitrogen and oxygen atoms in total. The Bertz CT molecular complexity index is 1470. The van der Waals surface area contributed by atoms with Gasteiger partial charge in [-0.05, 0) is 31.6 Å². The van der Waals surface area contributed by atoms with Crippen LogP contribution < -0.4 is 0 Å². The highest BCUT2D eigenvalue weighted by molar-refractivity contribution is 7.47. The number of ether oxygens (including phenoxy) is 4. The van der Waals surface area contributed by atoms with Crippen LogP contribution in [0, 0.1) is 5.92 Å². The molecule has 2 unspecified atom stereocenters. The van der Waals surface area contributed by atoms with Gasteiger partial charge in [-0.25, -0.2) is 9.13 Å². The van der Waals surface area contributed by atoms with Gasteiger partial charge in [-0.3, -0.25) is 37.3 Å². The van der Waals surface area contributed by atoms with Crippen molar-refractivity contribution in [1.82, 2.24) is 0 Å². The first-order valence-corrected chi connectivity index (χ1v) is 32.1. The third kappa shape index (κ3) is 49.6. The number of rotatable bonds is 55. The van der Waals surface area contributed by atoms with Crippen LogP contribution in [0.1, 0.15) is 266 Å². The Morgan fingerprint density at radius 1 is 0.365 bits per heavy atom. The summed E-state index contributed by atoms with van der Waals surface area (Å²) in [5.74, 6) is -1.48. The summed E-state index contributed by atoms with van der Waals surface area (Å²) in [6.45, 7) is 6.95. The van der Waals surface area contributed by atoms with E-state index in [1.165, 1.54) is 57.8 Å². The summed E-state index contributed by atoms with van der Waals surface area (Å²) < 4.78 is 67.4. The molecule has 0 spiro atoms. The van der Waals surface area contributed by atoms with E-state index in [2.05, 4.69) is 34.6 Å². The molecule has 0 aliphatic heterocycles. The van der Waals surface area contributed by atoms with Gasteiger partial charge in [0.25, 0.3) is 0 Å². The summed E-state index contributed by atoms with van der Waals surface area (Å²) >= 11 is 0. The lowest BCUT2D eigenvalue weighted by atomic mass is 10.0. The molecule has 0 aliphatic carbocycles. The van der Waals surface area contributed by atoms with Crippen LogP contribution >= 0.6 is 15.6 Å². The van der Waals surface area contributed by atoms with Gasteiger partial charge in [0, 0.05) is 25.7 Å². The van der Waals surface area contributed by atoms with Gasteiger partial charge in [0.1, 0.15) is 19.3 Å². The quantitative estimate of drug-likeness (QED) is 0.0222. The van der Waals surface area contributed by atoms with Crippen LogP contribution in [-0.4, -0.2) is 96.7 Å². The molecule has 5 atom stereocenters. The number of carbonyl (C=O) groups excluding carboxylic acids is 4. The van der Waals surface area contributed by atoms with E-state index in [4.69, 9.17) is 37.0 Å². The van der Waals surface area contributed by atoms with E-state index in [1.54, 1.807) is 0 Å². The number of aliphatic hydroxyl groups is 1. The van der Waals surface area contributed by atoms with Gasteiger partial charge in [0.15, 0.2) is 12.2 Å². The number of unbranched alkanes of at least 4 members (excludes halogenated alkanes) is 27. The van der Waals surface area contributed by atoms with Crippen molar-refractivity contribution in [1.29, 1.82) is 0 Å². The first kappa shape index (κ1) is 72.1. The van der Waals surface area contributed by atoms with Crippen LogP contribution in [0.5, 0.6) is 0 Å². The van der Waals surface area contributed by atoms with Crippen molar-refractivity contribution < 1.29 is 80.2 Å². The maximum Gasteiger partial charge on any atom is 0.472 e. The van der Waals surface area contributed by atoms with Gasteiger partial charge < -0.3 is 33.8 Å². The molecule has 0 aromatic carbocycles. The number of hydrogen-bond donors (Lipinski definition) is 3. The van der Waals surface area contributed by atoms with Crippen molar-refractivity contribution in [3.63, 3.8) is 0 Å². The van der Waals surface area contributed by atoms with E-state index in [1.807, 2.05) is 0 Å². The molecule has 74 heavy (non-hydrogen) atoms. The molecular weight excluding hydrogens is 995 g/mol. The van der Waals surface area contributed by atoms with Crippen LogP contribution in [0.2, 0.25) is 0 Å². The molecule has 0 rings (SSSR count). The second-order valence-electron chi connectivity index (χ2n) is 20.4.